The Morgan fingerprint density at radius 3 is 2.30 bits per heavy atom. The smallest absolute Gasteiger partial charge is 0.262 e. The second-order valence-electron chi connectivity index (χ2n) is 9.96. The van der Waals surface area contributed by atoms with Crippen molar-refractivity contribution < 1.29 is 39.9 Å². The third-order valence-corrected chi connectivity index (χ3v) is 8.15. The van der Waals surface area contributed by atoms with Gasteiger partial charge in [-0.2, -0.15) is 5.10 Å². The Hall–Kier alpha value is -5.77. The SMILES string of the molecule is Cc1cc(Oc2c(F)cccc2F)ncc1-n1ncc(C(=O)c2cc3cc(F)c(NS(=O)(=O)c4cc(F)cc(F)c4)cc3[nH]2)c1N. The van der Waals surface area contributed by atoms with Gasteiger partial charge in [-0.3, -0.25) is 9.52 Å². The summed E-state index contributed by atoms with van der Waals surface area (Å²) in [7, 11) is -4.58. The van der Waals surface area contributed by atoms with Crippen molar-refractivity contribution in [2.75, 3.05) is 10.5 Å². The molecule has 234 valence electrons. The van der Waals surface area contributed by atoms with E-state index < -0.39 is 61.2 Å². The molecule has 16 heteroatoms. The van der Waals surface area contributed by atoms with E-state index in [9.17, 15) is 35.2 Å². The second kappa shape index (κ2) is 11.3. The minimum atomic E-state index is -4.58. The molecule has 0 atom stereocenters. The minimum Gasteiger partial charge on any atom is -0.433 e. The zero-order chi connectivity index (χ0) is 32.9. The number of sulfonamides is 1. The van der Waals surface area contributed by atoms with Crippen LogP contribution in [0.4, 0.5) is 33.5 Å². The average Bonchev–Trinajstić information content (AvgIpc) is 3.57. The first-order valence-electron chi connectivity index (χ1n) is 13.1. The molecule has 3 aromatic heterocycles. The van der Waals surface area contributed by atoms with E-state index in [-0.39, 0.29) is 33.9 Å². The van der Waals surface area contributed by atoms with Crippen LogP contribution in [0, 0.1) is 36.0 Å². The molecule has 0 radical (unpaired) electrons. The second-order valence-corrected chi connectivity index (χ2v) is 11.6. The third-order valence-electron chi connectivity index (χ3n) is 6.81. The van der Waals surface area contributed by atoms with Gasteiger partial charge in [0.15, 0.2) is 11.6 Å². The van der Waals surface area contributed by atoms with Gasteiger partial charge in [0.25, 0.3) is 10.0 Å². The average molecular weight is 655 g/mol. The molecule has 46 heavy (non-hydrogen) atoms. The minimum absolute atomic E-state index is 0.0432. The zero-order valence-corrected chi connectivity index (χ0v) is 24.1. The molecule has 6 rings (SSSR count). The van der Waals surface area contributed by atoms with Gasteiger partial charge in [0.05, 0.1) is 39.9 Å². The highest BCUT2D eigenvalue weighted by atomic mass is 32.2. The van der Waals surface area contributed by atoms with Crippen molar-refractivity contribution in [3.8, 4) is 17.3 Å². The van der Waals surface area contributed by atoms with Crippen LogP contribution >= 0.6 is 0 Å². The van der Waals surface area contributed by atoms with Gasteiger partial charge in [-0.15, -0.1) is 0 Å². The number of para-hydroxylation sites is 1. The number of aromatic nitrogens is 4. The Kier molecular flexibility index (Phi) is 7.43. The van der Waals surface area contributed by atoms with E-state index in [4.69, 9.17) is 10.5 Å². The predicted molar refractivity (Wildman–Crippen MR) is 156 cm³/mol. The van der Waals surface area contributed by atoms with Gasteiger partial charge in [-0.1, -0.05) is 6.07 Å². The standard InChI is InChI=1S/C30H19F5N6O4S/c1-14-5-27(45-29-20(33)3-2-4-21(29)34)37-13-26(14)41-30(36)19(12-38-41)28(42)25-7-15-6-22(35)24(11-23(15)39-25)40-46(43,44)18-9-16(31)8-17(32)10-18/h2-13,39-40H,36H2,1H3. The number of aromatic amines is 1. The van der Waals surface area contributed by atoms with Crippen LogP contribution in [0.1, 0.15) is 21.6 Å². The number of fused-ring (bicyclic) bond motifs is 1. The number of rotatable bonds is 8. The van der Waals surface area contributed by atoms with Gasteiger partial charge in [0.2, 0.25) is 17.4 Å². The number of carbonyl (C=O) groups is 1. The summed E-state index contributed by atoms with van der Waals surface area (Å²) in [4.78, 5) is 19.5. The van der Waals surface area contributed by atoms with Crippen molar-refractivity contribution in [2.45, 2.75) is 11.8 Å². The Morgan fingerprint density at radius 1 is 0.935 bits per heavy atom. The van der Waals surface area contributed by atoms with Crippen LogP contribution in [0.15, 0.2) is 78.0 Å². The highest BCUT2D eigenvalue weighted by Crippen LogP contribution is 2.30. The van der Waals surface area contributed by atoms with Crippen LogP contribution in [-0.4, -0.2) is 33.9 Å². The lowest BCUT2D eigenvalue weighted by atomic mass is 10.1. The largest absolute Gasteiger partial charge is 0.433 e. The summed E-state index contributed by atoms with van der Waals surface area (Å²) in [6.45, 7) is 1.63. The van der Waals surface area contributed by atoms with Crippen LogP contribution in [0.3, 0.4) is 0 Å². The zero-order valence-electron chi connectivity index (χ0n) is 23.3. The molecule has 0 fully saturated rings. The van der Waals surface area contributed by atoms with E-state index in [2.05, 4.69) is 15.1 Å². The summed E-state index contributed by atoms with van der Waals surface area (Å²) in [5.74, 6) is -6.60. The van der Waals surface area contributed by atoms with E-state index in [0.717, 1.165) is 24.3 Å². The molecule has 0 unspecified atom stereocenters. The summed E-state index contributed by atoms with van der Waals surface area (Å²) in [6.07, 6.45) is 2.48. The lowest BCUT2D eigenvalue weighted by Gasteiger charge is -2.11. The number of halogens is 5. The van der Waals surface area contributed by atoms with Crippen molar-refractivity contribution in [2.24, 2.45) is 0 Å². The highest BCUT2D eigenvalue weighted by molar-refractivity contribution is 7.92. The van der Waals surface area contributed by atoms with Crippen LogP contribution in [0.5, 0.6) is 11.6 Å². The van der Waals surface area contributed by atoms with Crippen molar-refractivity contribution in [1.82, 2.24) is 19.7 Å². The number of ketones is 1. The quantitative estimate of drug-likeness (QED) is 0.132. The van der Waals surface area contributed by atoms with Crippen molar-refractivity contribution in [3.05, 3.63) is 119 Å². The van der Waals surface area contributed by atoms with Crippen LogP contribution in [-0.2, 0) is 10.0 Å². The number of nitrogens with two attached hydrogens (primary N) is 1. The number of carbonyl (C=O) groups excluding carboxylic acids is 1. The number of H-pyrrole nitrogens is 1. The summed E-state index contributed by atoms with van der Waals surface area (Å²) in [6, 6.07) is 9.64. The molecule has 0 aliphatic carbocycles. The molecule has 0 bridgehead atoms. The molecule has 0 aliphatic heterocycles. The molecule has 3 heterocycles. The predicted octanol–water partition coefficient (Wildman–Crippen LogP) is 6.16. The van der Waals surface area contributed by atoms with E-state index in [1.165, 1.54) is 35.3 Å². The number of nitrogen functional groups attached to an aromatic ring is 1. The first-order chi connectivity index (χ1) is 21.8. The van der Waals surface area contributed by atoms with E-state index in [1.807, 2.05) is 4.72 Å². The van der Waals surface area contributed by atoms with Gasteiger partial charge in [0, 0.05) is 23.0 Å². The number of anilines is 2. The lowest BCUT2D eigenvalue weighted by Crippen LogP contribution is -2.14. The van der Waals surface area contributed by atoms with Gasteiger partial charge in [0.1, 0.15) is 23.3 Å². The maximum absolute atomic E-state index is 14.9. The number of nitrogens with one attached hydrogen (secondary N) is 2. The third kappa shape index (κ3) is 5.61. The van der Waals surface area contributed by atoms with Crippen molar-refractivity contribution >= 4 is 38.2 Å². The first-order valence-corrected chi connectivity index (χ1v) is 14.6. The number of hydrogen-bond acceptors (Lipinski definition) is 7. The van der Waals surface area contributed by atoms with E-state index in [1.54, 1.807) is 6.92 Å². The maximum atomic E-state index is 14.9. The van der Waals surface area contributed by atoms with Gasteiger partial charge in [-0.05, 0) is 55.0 Å². The van der Waals surface area contributed by atoms with Crippen molar-refractivity contribution in [3.63, 3.8) is 0 Å². The number of nitrogens with zero attached hydrogens (tertiary/aromatic N) is 3. The van der Waals surface area contributed by atoms with Crippen LogP contribution < -0.4 is 15.2 Å². The molecule has 3 aromatic carbocycles. The summed E-state index contributed by atoms with van der Waals surface area (Å²) >= 11 is 0. The number of hydrogen-bond donors (Lipinski definition) is 3. The molecular formula is C30H19F5N6O4S. The fourth-order valence-electron chi connectivity index (χ4n) is 4.60. The number of benzene rings is 3. The normalized spacial score (nSPS) is 11.6. The molecule has 0 aliphatic rings. The number of ether oxygens (including phenoxy) is 1. The Bertz CT molecular complexity index is 2260. The number of aryl methyl sites for hydroxylation is 1. The monoisotopic (exact) mass is 654 g/mol. The molecule has 10 nitrogen and oxygen atoms in total. The molecule has 6 aromatic rings. The molecule has 0 spiro atoms. The van der Waals surface area contributed by atoms with Gasteiger partial charge >= 0.3 is 0 Å². The summed E-state index contributed by atoms with van der Waals surface area (Å²) in [5.41, 5.74) is 6.57. The van der Waals surface area contributed by atoms with Gasteiger partial charge < -0.3 is 15.5 Å². The highest BCUT2D eigenvalue weighted by Gasteiger charge is 2.23. The molecule has 0 saturated heterocycles. The van der Waals surface area contributed by atoms with E-state index in [0.29, 0.717) is 29.4 Å². The Balaban J connectivity index is 1.26. The first kappa shape index (κ1) is 30.3. The Labute approximate surface area is 256 Å². The molecular weight excluding hydrogens is 635 g/mol. The van der Waals surface area contributed by atoms with Crippen LogP contribution in [0.25, 0.3) is 16.6 Å². The summed E-state index contributed by atoms with van der Waals surface area (Å²) < 4.78 is 104. The maximum Gasteiger partial charge on any atom is 0.262 e. The molecule has 0 saturated carbocycles. The Morgan fingerprint density at radius 2 is 1.63 bits per heavy atom. The van der Waals surface area contributed by atoms with Gasteiger partial charge in [-0.25, -0.2) is 40.0 Å². The lowest BCUT2D eigenvalue weighted by molar-refractivity contribution is 0.103. The van der Waals surface area contributed by atoms with Crippen LogP contribution in [0.2, 0.25) is 0 Å². The van der Waals surface area contributed by atoms with E-state index >= 15 is 0 Å². The summed E-state index contributed by atoms with van der Waals surface area (Å²) in [5, 5.41) is 4.37. The molecule has 0 amide bonds. The fourth-order valence-corrected chi connectivity index (χ4v) is 5.70. The van der Waals surface area contributed by atoms with Crippen molar-refractivity contribution in [1.29, 1.82) is 0 Å². The molecule has 4 N–H and O–H groups in total. The number of pyridine rings is 1. The topological polar surface area (TPSA) is 145 Å². The fraction of sp³-hybridized carbons (Fsp3) is 0.0333.